The quantitative estimate of drug-likeness (QED) is 0.0992. The zero-order valence-corrected chi connectivity index (χ0v) is 39.0. The third-order valence-corrected chi connectivity index (χ3v) is 12.2. The Labute approximate surface area is 389 Å². The van der Waals surface area contributed by atoms with Crippen LogP contribution in [-0.2, 0) is 21.6 Å². The fourth-order valence-corrected chi connectivity index (χ4v) is 8.57. The molecule has 6 rings (SSSR count). The molecule has 1 aliphatic heterocycles. The van der Waals surface area contributed by atoms with Gasteiger partial charge in [-0.2, -0.15) is 41.1 Å². The van der Waals surface area contributed by atoms with E-state index in [1.165, 1.54) is 62.5 Å². The van der Waals surface area contributed by atoms with Crippen molar-refractivity contribution in [3.63, 3.8) is 0 Å². The number of carbonyl (C=O) groups is 1. The fourth-order valence-electron chi connectivity index (χ4n) is 7.60. The molecule has 1 saturated carbocycles. The second kappa shape index (κ2) is 31.2. The maximum absolute atomic E-state index is 12.8. The number of carbonyl (C=O) groups excluding carboxylic acids is 1. The first kappa shape index (κ1) is 53.6. The van der Waals surface area contributed by atoms with Gasteiger partial charge in [0.05, 0.1) is 16.8 Å². The molecule has 0 spiro atoms. The summed E-state index contributed by atoms with van der Waals surface area (Å²) in [5.74, 6) is 0.917. The number of anilines is 3. The predicted octanol–water partition coefficient (Wildman–Crippen LogP) is 6.84. The van der Waals surface area contributed by atoms with E-state index < -0.39 is 0 Å². The molecule has 18 heteroatoms. The number of nitrogens with zero attached hydrogens (tertiary/aromatic N) is 9. The molecule has 63 heavy (non-hydrogen) atoms. The summed E-state index contributed by atoms with van der Waals surface area (Å²) in [6, 6.07) is 17.3. The molecule has 3 heterocycles. The maximum atomic E-state index is 12.8. The Morgan fingerprint density at radius 3 is 2.06 bits per heavy atom. The second-order valence-electron chi connectivity index (χ2n) is 15.9. The number of nitrogens with one attached hydrogen (secondary N) is 3. The van der Waals surface area contributed by atoms with Crippen LogP contribution in [0.3, 0.4) is 0 Å². The van der Waals surface area contributed by atoms with E-state index in [1.54, 1.807) is 11.3 Å². The van der Waals surface area contributed by atoms with Crippen molar-refractivity contribution in [3.05, 3.63) is 64.5 Å². The minimum Gasteiger partial charge on any atom is -0.665 e. The van der Waals surface area contributed by atoms with Crippen LogP contribution in [0.15, 0.2) is 48.5 Å². The third kappa shape index (κ3) is 19.9. The minimum atomic E-state index is -0.00167. The monoisotopic (exact) mass is 934 g/mol. The SMILES string of the molecule is CN(CCOc1nc(NCCC(=O)NCCCN2CC[N-]CC[N-]CC[N-]CC2)nc(NC2CCCCCCCCCCC2)n1)c1ccc(-c2nc3ccccc3s2)cc1.O.O.[Co]. The van der Waals surface area contributed by atoms with E-state index in [9.17, 15) is 4.79 Å². The Morgan fingerprint density at radius 2 is 1.40 bits per heavy atom. The van der Waals surface area contributed by atoms with Gasteiger partial charge >= 0.3 is 6.01 Å². The van der Waals surface area contributed by atoms with Crippen LogP contribution in [0.5, 0.6) is 6.01 Å². The molecule has 1 aliphatic carbocycles. The number of ether oxygens (including phenoxy) is 1. The van der Waals surface area contributed by atoms with Crippen LogP contribution >= 0.6 is 11.3 Å². The summed E-state index contributed by atoms with van der Waals surface area (Å²) in [6.07, 6.45) is 14.9. The van der Waals surface area contributed by atoms with Crippen LogP contribution in [0, 0.1) is 0 Å². The largest absolute Gasteiger partial charge is 0.665 e. The first-order valence-corrected chi connectivity index (χ1v) is 23.4. The summed E-state index contributed by atoms with van der Waals surface area (Å²) in [5.41, 5.74) is 3.22. The van der Waals surface area contributed by atoms with E-state index >= 15 is 0 Å². The van der Waals surface area contributed by atoms with E-state index in [-0.39, 0.29) is 45.7 Å². The van der Waals surface area contributed by atoms with E-state index in [0.717, 1.165) is 99.9 Å². The number of amides is 1. The van der Waals surface area contributed by atoms with Crippen LogP contribution in [0.4, 0.5) is 17.6 Å². The number of hydrogen-bond donors (Lipinski definition) is 3. The Kier molecular flexibility index (Phi) is 26.6. The van der Waals surface area contributed by atoms with Crippen molar-refractivity contribution >= 4 is 45.0 Å². The first-order chi connectivity index (χ1) is 29.6. The number of fused-ring (bicyclic) bond motifs is 1. The average Bonchev–Trinajstić information content (AvgIpc) is 3.69. The van der Waals surface area contributed by atoms with Gasteiger partial charge in [0, 0.05) is 60.6 Å². The molecule has 0 bridgehead atoms. The third-order valence-electron chi connectivity index (χ3n) is 11.1. The normalized spacial score (nSPS) is 16.5. The Balaban J connectivity index is 0.00000352. The minimum absolute atomic E-state index is 0. The Bertz CT molecular complexity index is 1770. The number of para-hydroxylation sites is 1. The van der Waals surface area contributed by atoms with Crippen molar-refractivity contribution in [3.8, 4) is 16.6 Å². The number of benzene rings is 2. The van der Waals surface area contributed by atoms with Crippen molar-refractivity contribution in [1.82, 2.24) is 30.2 Å². The van der Waals surface area contributed by atoms with Gasteiger partial charge in [-0.05, 0) is 75.3 Å². The van der Waals surface area contributed by atoms with Crippen molar-refractivity contribution in [2.75, 3.05) is 108 Å². The van der Waals surface area contributed by atoms with Crippen molar-refractivity contribution in [2.24, 2.45) is 0 Å². The standard InChI is InChI=1S/C45H67N12O2S.Co.2H2O/c1-56(38-20-18-36(19-21-38)42-52-39-16-11-12-17-40(39)60-42)34-35-59-45-54-43(53-44(55-45)51-37-14-9-7-5-3-2-4-6-8-10-15-37)50-24-22-41(58)49-23-13-31-57-32-29-47-27-25-46-26-28-48-30-33-57;;;/h11-12,16-21,37H,2-10,13-15,22-35H2,1H3,(H,49,58)(H2,50,51,53,54,55);;2*1H2/q-3;;;. The van der Waals surface area contributed by atoms with Gasteiger partial charge in [0.2, 0.25) is 17.8 Å². The summed E-state index contributed by atoms with van der Waals surface area (Å²) in [6.45, 7) is 9.58. The van der Waals surface area contributed by atoms with Gasteiger partial charge in [0.15, 0.2) is 0 Å². The van der Waals surface area contributed by atoms with Gasteiger partial charge in [-0.15, -0.1) is 24.4 Å². The topological polar surface area (TPSA) is 226 Å². The molecule has 2 aromatic heterocycles. The number of aromatic nitrogens is 4. The molecule has 2 fully saturated rings. The fraction of sp³-hybridized carbons (Fsp3) is 0.622. The summed E-state index contributed by atoms with van der Waals surface area (Å²) >= 11 is 1.71. The van der Waals surface area contributed by atoms with Crippen LogP contribution in [0.1, 0.15) is 83.5 Å². The molecule has 2 aromatic carbocycles. The average molecular weight is 935 g/mol. The molecule has 1 radical (unpaired) electrons. The van der Waals surface area contributed by atoms with Crippen LogP contribution in [0.25, 0.3) is 36.7 Å². The summed E-state index contributed by atoms with van der Waals surface area (Å²) in [4.78, 5) is 36.3. The molecule has 0 atom stereocenters. The Hall–Kier alpha value is -3.72. The van der Waals surface area contributed by atoms with Crippen LogP contribution < -0.4 is 25.6 Å². The summed E-state index contributed by atoms with van der Waals surface area (Å²) in [7, 11) is 2.06. The molecular formula is C45H71CoN12O4S-3. The van der Waals surface area contributed by atoms with Crippen LogP contribution in [0.2, 0.25) is 0 Å². The summed E-state index contributed by atoms with van der Waals surface area (Å²) in [5, 5.41) is 24.7. The first-order valence-electron chi connectivity index (χ1n) is 22.5. The van der Waals surface area contributed by atoms with E-state index in [0.29, 0.717) is 44.6 Å². The predicted molar refractivity (Wildman–Crippen MR) is 256 cm³/mol. The molecule has 1 amide bonds. The zero-order valence-electron chi connectivity index (χ0n) is 37.2. The van der Waals surface area contributed by atoms with Crippen LogP contribution in [-0.4, -0.2) is 140 Å². The molecular weight excluding hydrogens is 864 g/mol. The molecule has 1 saturated heterocycles. The Morgan fingerprint density at radius 1 is 0.778 bits per heavy atom. The van der Waals surface area contributed by atoms with Crippen molar-refractivity contribution in [1.29, 1.82) is 0 Å². The van der Waals surface area contributed by atoms with E-state index in [2.05, 4.69) is 96.2 Å². The smallest absolute Gasteiger partial charge is 0.323 e. The number of likely N-dealkylation sites (N-methyl/N-ethyl adjacent to an activating group) is 1. The van der Waals surface area contributed by atoms with E-state index in [1.807, 2.05) is 6.07 Å². The van der Waals surface area contributed by atoms with Crippen molar-refractivity contribution in [2.45, 2.75) is 89.5 Å². The molecule has 4 aromatic rings. The molecule has 0 unspecified atom stereocenters. The molecule has 2 aliphatic rings. The number of hydrogen-bond acceptors (Lipinski definition) is 11. The number of thiazole rings is 1. The molecule has 353 valence electrons. The van der Waals surface area contributed by atoms with E-state index in [4.69, 9.17) is 19.7 Å². The van der Waals surface area contributed by atoms with Gasteiger partial charge in [-0.3, -0.25) is 4.79 Å². The second-order valence-corrected chi connectivity index (χ2v) is 16.9. The van der Waals surface area contributed by atoms with Gasteiger partial charge in [0.1, 0.15) is 11.6 Å². The summed E-state index contributed by atoms with van der Waals surface area (Å²) < 4.78 is 7.39. The van der Waals surface area contributed by atoms with Gasteiger partial charge in [-0.1, -0.05) is 69.9 Å². The van der Waals surface area contributed by atoms with Crippen molar-refractivity contribution < 1.29 is 37.3 Å². The zero-order chi connectivity index (χ0) is 41.5. The number of rotatable bonds is 16. The van der Waals surface area contributed by atoms with Gasteiger partial charge < -0.3 is 57.4 Å². The van der Waals surface area contributed by atoms with Gasteiger partial charge in [-0.25, -0.2) is 4.98 Å². The molecule has 16 nitrogen and oxygen atoms in total. The maximum Gasteiger partial charge on any atom is 0.323 e. The molecule has 7 N–H and O–H groups in total. The van der Waals surface area contributed by atoms with Gasteiger partial charge in [0.25, 0.3) is 0 Å².